The molecule has 2 N–H and O–H groups in total. The summed E-state index contributed by atoms with van der Waals surface area (Å²) in [5, 5.41) is 19.5. The fourth-order valence-electron chi connectivity index (χ4n) is 3.05. The topological polar surface area (TPSA) is 57.5 Å². The van der Waals surface area contributed by atoms with E-state index >= 15 is 0 Å². The molecule has 2 aliphatic carbocycles. The molecule has 0 aliphatic heterocycles. The lowest BCUT2D eigenvalue weighted by Gasteiger charge is -2.40. The van der Waals surface area contributed by atoms with Gasteiger partial charge in [0.25, 0.3) is 0 Å². The highest BCUT2D eigenvalue weighted by molar-refractivity contribution is 5.80. The Morgan fingerprint density at radius 2 is 1.69 bits per heavy atom. The molecule has 0 bridgehead atoms. The van der Waals surface area contributed by atoms with Crippen LogP contribution in [0.5, 0.6) is 0 Å². The molecule has 2 aliphatic rings. The van der Waals surface area contributed by atoms with Crippen LogP contribution < -0.4 is 0 Å². The van der Waals surface area contributed by atoms with Gasteiger partial charge in [0.05, 0.1) is 11.0 Å². The molecule has 0 heterocycles. The molecule has 0 radical (unpaired) electrons. The molecule has 0 spiro atoms. The van der Waals surface area contributed by atoms with Crippen LogP contribution in [0.25, 0.3) is 0 Å². The quantitative estimate of drug-likeness (QED) is 0.768. The predicted octanol–water partition coefficient (Wildman–Crippen LogP) is 2.04. The fraction of sp³-hybridized carbons (Fsp3) is 0.909. The Balaban J connectivity index is 2.19. The molecule has 2 atom stereocenters. The number of halogens is 2. The third kappa shape index (κ3) is 1.44. The van der Waals surface area contributed by atoms with Gasteiger partial charge in [-0.05, 0) is 25.2 Å². The van der Waals surface area contributed by atoms with Crippen LogP contribution in [-0.4, -0.2) is 27.7 Å². The summed E-state index contributed by atoms with van der Waals surface area (Å²) in [6.45, 7) is 1.75. The second-order valence-corrected chi connectivity index (χ2v) is 5.27. The van der Waals surface area contributed by atoms with Gasteiger partial charge in [0, 0.05) is 12.8 Å². The number of hydrogen-bond donors (Lipinski definition) is 2. The molecule has 16 heavy (non-hydrogen) atoms. The van der Waals surface area contributed by atoms with E-state index in [-0.39, 0.29) is 18.8 Å². The van der Waals surface area contributed by atoms with Crippen molar-refractivity contribution in [2.24, 2.45) is 11.3 Å². The number of carboxylic acids is 1. The number of alkyl halides is 2. The summed E-state index contributed by atoms with van der Waals surface area (Å²) < 4.78 is 26.0. The van der Waals surface area contributed by atoms with Crippen LogP contribution >= 0.6 is 0 Å². The van der Waals surface area contributed by atoms with E-state index in [4.69, 9.17) is 0 Å². The maximum Gasteiger partial charge on any atom is 0.312 e. The van der Waals surface area contributed by atoms with E-state index in [1.165, 1.54) is 0 Å². The number of carbonyl (C=O) groups is 1. The third-order valence-corrected chi connectivity index (χ3v) is 4.33. The second-order valence-electron chi connectivity index (χ2n) is 5.27. The smallest absolute Gasteiger partial charge is 0.312 e. The molecule has 3 nitrogen and oxygen atoms in total. The number of hydrogen-bond acceptors (Lipinski definition) is 2. The summed E-state index contributed by atoms with van der Waals surface area (Å²) in [4.78, 5) is 11.2. The van der Waals surface area contributed by atoms with Gasteiger partial charge in [-0.2, -0.15) is 0 Å². The molecule has 0 amide bonds. The molecular formula is C11H16F2O3. The number of carboxylic acid groups (broad SMARTS) is 1. The van der Waals surface area contributed by atoms with E-state index in [2.05, 4.69) is 0 Å². The monoisotopic (exact) mass is 234 g/mol. The molecule has 0 saturated heterocycles. The maximum atomic E-state index is 13.0. The predicted molar refractivity (Wildman–Crippen MR) is 52.2 cm³/mol. The van der Waals surface area contributed by atoms with E-state index in [1.807, 2.05) is 0 Å². The molecule has 0 aromatic rings. The number of aliphatic hydroxyl groups is 1. The highest BCUT2D eigenvalue weighted by Crippen LogP contribution is 2.64. The minimum Gasteiger partial charge on any atom is -0.481 e. The first-order valence-corrected chi connectivity index (χ1v) is 5.57. The number of rotatable bonds is 2. The van der Waals surface area contributed by atoms with E-state index in [1.54, 1.807) is 6.92 Å². The summed E-state index contributed by atoms with van der Waals surface area (Å²) in [6, 6.07) is 0. The van der Waals surface area contributed by atoms with E-state index in [0.717, 1.165) is 0 Å². The normalized spacial score (nSPS) is 40.4. The standard InChI is InChI=1S/C11H16F2O3/c1-7-6-11(7,8(14)15)9(16)2-4-10(12,13)5-3-9/h7,16H,2-6H2,1H3,(H,14,15). The Morgan fingerprint density at radius 1 is 1.25 bits per heavy atom. The van der Waals surface area contributed by atoms with Crippen molar-refractivity contribution in [3.05, 3.63) is 0 Å². The van der Waals surface area contributed by atoms with Crippen LogP contribution in [-0.2, 0) is 4.79 Å². The van der Waals surface area contributed by atoms with Gasteiger partial charge in [-0.25, -0.2) is 8.78 Å². The zero-order valence-corrected chi connectivity index (χ0v) is 9.17. The van der Waals surface area contributed by atoms with Crippen LogP contribution in [0.2, 0.25) is 0 Å². The highest BCUT2D eigenvalue weighted by Gasteiger charge is 2.70. The van der Waals surface area contributed by atoms with Crippen LogP contribution in [0.1, 0.15) is 39.0 Å². The molecule has 92 valence electrons. The first kappa shape index (κ1) is 11.8. The van der Waals surface area contributed by atoms with Crippen LogP contribution in [0.15, 0.2) is 0 Å². The molecule has 2 unspecified atom stereocenters. The average Bonchev–Trinajstić information content (AvgIpc) is 2.85. The largest absolute Gasteiger partial charge is 0.481 e. The van der Waals surface area contributed by atoms with Crippen LogP contribution in [0.4, 0.5) is 8.78 Å². The van der Waals surface area contributed by atoms with Crippen molar-refractivity contribution in [2.75, 3.05) is 0 Å². The molecule has 5 heteroatoms. The molecule has 2 saturated carbocycles. The lowest BCUT2D eigenvalue weighted by Crippen LogP contribution is -2.50. The van der Waals surface area contributed by atoms with Crippen molar-refractivity contribution >= 4 is 5.97 Å². The van der Waals surface area contributed by atoms with Crippen molar-refractivity contribution in [1.82, 2.24) is 0 Å². The Bertz CT molecular complexity index is 319. The van der Waals surface area contributed by atoms with Crippen molar-refractivity contribution in [3.8, 4) is 0 Å². The van der Waals surface area contributed by atoms with Crippen LogP contribution in [0, 0.1) is 11.3 Å². The molecule has 2 fully saturated rings. The van der Waals surface area contributed by atoms with Gasteiger partial charge in [-0.15, -0.1) is 0 Å². The Hall–Kier alpha value is -0.710. The minimum atomic E-state index is -2.75. The maximum absolute atomic E-state index is 13.0. The van der Waals surface area contributed by atoms with Gasteiger partial charge in [0.1, 0.15) is 0 Å². The van der Waals surface area contributed by atoms with Crippen molar-refractivity contribution < 1.29 is 23.8 Å². The summed E-state index contributed by atoms with van der Waals surface area (Å²) >= 11 is 0. The molecule has 0 aromatic carbocycles. The molecular weight excluding hydrogens is 218 g/mol. The summed E-state index contributed by atoms with van der Waals surface area (Å²) in [5.41, 5.74) is -2.62. The van der Waals surface area contributed by atoms with E-state index in [0.29, 0.717) is 6.42 Å². The SMILES string of the molecule is CC1CC1(C(=O)O)C1(O)CCC(F)(F)CC1. The van der Waals surface area contributed by atoms with Gasteiger partial charge in [-0.1, -0.05) is 6.92 Å². The summed E-state index contributed by atoms with van der Waals surface area (Å²) in [6.07, 6.45) is -0.659. The van der Waals surface area contributed by atoms with E-state index < -0.39 is 35.7 Å². The van der Waals surface area contributed by atoms with Crippen molar-refractivity contribution in [2.45, 2.75) is 50.6 Å². The van der Waals surface area contributed by atoms with Gasteiger partial charge < -0.3 is 10.2 Å². The zero-order valence-electron chi connectivity index (χ0n) is 9.17. The second kappa shape index (κ2) is 3.15. The van der Waals surface area contributed by atoms with Gasteiger partial charge in [-0.3, -0.25) is 4.79 Å². The third-order valence-electron chi connectivity index (χ3n) is 4.33. The fourth-order valence-corrected chi connectivity index (χ4v) is 3.05. The minimum absolute atomic E-state index is 0.114. The number of aliphatic carboxylic acids is 1. The van der Waals surface area contributed by atoms with Gasteiger partial charge in [0.15, 0.2) is 0 Å². The molecule has 2 rings (SSSR count). The first-order valence-electron chi connectivity index (χ1n) is 5.57. The average molecular weight is 234 g/mol. The van der Waals surface area contributed by atoms with Crippen molar-refractivity contribution in [3.63, 3.8) is 0 Å². The summed E-state index contributed by atoms with van der Waals surface area (Å²) in [5.74, 6) is -3.92. The Morgan fingerprint density at radius 3 is 2.00 bits per heavy atom. The van der Waals surface area contributed by atoms with E-state index in [9.17, 15) is 23.8 Å². The van der Waals surface area contributed by atoms with Crippen molar-refractivity contribution in [1.29, 1.82) is 0 Å². The summed E-state index contributed by atoms with van der Waals surface area (Å²) in [7, 11) is 0. The molecule has 0 aromatic heterocycles. The van der Waals surface area contributed by atoms with Crippen LogP contribution in [0.3, 0.4) is 0 Å². The Labute approximate surface area is 92.5 Å². The Kier molecular flexibility index (Phi) is 2.32. The lowest BCUT2D eigenvalue weighted by atomic mass is 9.71. The zero-order chi connectivity index (χ0) is 12.2. The van der Waals surface area contributed by atoms with Gasteiger partial charge >= 0.3 is 5.97 Å². The first-order chi connectivity index (χ1) is 7.24. The van der Waals surface area contributed by atoms with Gasteiger partial charge in [0.2, 0.25) is 5.92 Å². The lowest BCUT2D eigenvalue weighted by molar-refractivity contribution is -0.172. The highest BCUT2D eigenvalue weighted by atomic mass is 19.3.